The molecule has 3 rings (SSSR count). The molecule has 0 saturated heterocycles. The molecule has 4 nitrogen and oxygen atoms in total. The Morgan fingerprint density at radius 2 is 1.65 bits per heavy atom. The number of phenolic OH excluding ortho intramolecular Hbond substituents is 1. The summed E-state index contributed by atoms with van der Waals surface area (Å²) in [5.41, 5.74) is 1.10. The first-order chi connectivity index (χ1) is 11.1. The Labute approximate surface area is 137 Å². The number of carboxylic acids is 1. The third-order valence-electron chi connectivity index (χ3n) is 3.59. The molecule has 0 aromatic heterocycles. The van der Waals surface area contributed by atoms with Crippen LogP contribution in [-0.2, 0) is 0 Å². The number of anilines is 1. The number of fused-ring (bicyclic) bond motifs is 1. The van der Waals surface area contributed by atoms with Gasteiger partial charge in [0.25, 0.3) is 0 Å². The largest absolute Gasteiger partial charge is 0.506 e. The Morgan fingerprint density at radius 1 is 1.00 bits per heavy atom. The highest BCUT2D eigenvalue weighted by Gasteiger charge is 2.15. The van der Waals surface area contributed by atoms with Gasteiger partial charge in [0, 0.05) is 28.4 Å². The first kappa shape index (κ1) is 15.2. The number of phenols is 1. The first-order valence-electron chi connectivity index (χ1n) is 7.04. The van der Waals surface area contributed by atoms with Crippen molar-refractivity contribution in [3.05, 3.63) is 60.2 Å². The fourth-order valence-electron chi connectivity index (χ4n) is 2.47. The van der Waals surface area contributed by atoms with Crippen LogP contribution in [0.15, 0.2) is 64.4 Å². The summed E-state index contributed by atoms with van der Waals surface area (Å²) in [7, 11) is 1.82. The molecule has 0 aliphatic rings. The molecular formula is C18H15NO3S. The van der Waals surface area contributed by atoms with Gasteiger partial charge in [0.15, 0.2) is 0 Å². The van der Waals surface area contributed by atoms with Gasteiger partial charge in [-0.25, -0.2) is 4.79 Å². The van der Waals surface area contributed by atoms with E-state index in [4.69, 9.17) is 0 Å². The van der Waals surface area contributed by atoms with Gasteiger partial charge in [-0.1, -0.05) is 48.2 Å². The molecule has 116 valence electrons. The van der Waals surface area contributed by atoms with Gasteiger partial charge in [-0.15, -0.1) is 0 Å². The van der Waals surface area contributed by atoms with Crippen LogP contribution in [0.25, 0.3) is 10.8 Å². The molecule has 3 aromatic carbocycles. The summed E-state index contributed by atoms with van der Waals surface area (Å²) in [4.78, 5) is 12.5. The maximum absolute atomic E-state index is 11.3. The van der Waals surface area contributed by atoms with Crippen molar-refractivity contribution >= 4 is 34.2 Å². The second-order valence-electron chi connectivity index (χ2n) is 4.97. The molecule has 0 aliphatic carbocycles. The summed E-state index contributed by atoms with van der Waals surface area (Å²) < 4.78 is 0. The van der Waals surface area contributed by atoms with Crippen molar-refractivity contribution in [1.29, 1.82) is 0 Å². The van der Waals surface area contributed by atoms with E-state index in [9.17, 15) is 15.0 Å². The topological polar surface area (TPSA) is 69.6 Å². The molecule has 0 atom stereocenters. The zero-order valence-corrected chi connectivity index (χ0v) is 13.2. The van der Waals surface area contributed by atoms with E-state index in [-0.39, 0.29) is 11.3 Å². The van der Waals surface area contributed by atoms with Gasteiger partial charge in [0.1, 0.15) is 5.75 Å². The van der Waals surface area contributed by atoms with Gasteiger partial charge in [-0.05, 0) is 18.2 Å². The van der Waals surface area contributed by atoms with Crippen molar-refractivity contribution in [1.82, 2.24) is 0 Å². The van der Waals surface area contributed by atoms with Crippen molar-refractivity contribution in [2.45, 2.75) is 9.79 Å². The molecule has 3 aromatic rings. The van der Waals surface area contributed by atoms with E-state index in [1.165, 1.54) is 11.8 Å². The van der Waals surface area contributed by atoms with E-state index < -0.39 is 5.97 Å². The zero-order valence-electron chi connectivity index (χ0n) is 12.4. The molecule has 0 heterocycles. The number of nitrogens with one attached hydrogen (secondary N) is 1. The molecule has 0 radical (unpaired) electrons. The van der Waals surface area contributed by atoms with Crippen LogP contribution in [0.1, 0.15) is 10.4 Å². The summed E-state index contributed by atoms with van der Waals surface area (Å²) in [5, 5.41) is 24.6. The SMILES string of the molecule is CNc1cc(Sc2ccccc2C(=O)O)c(O)c2ccccc12. The number of hydrogen-bond acceptors (Lipinski definition) is 4. The Balaban J connectivity index is 2.14. The van der Waals surface area contributed by atoms with Crippen LogP contribution in [0.3, 0.4) is 0 Å². The molecule has 5 heteroatoms. The Bertz CT molecular complexity index is 893. The molecule has 0 bridgehead atoms. The lowest BCUT2D eigenvalue weighted by Gasteiger charge is -2.13. The molecule has 0 aliphatic heterocycles. The molecule has 0 saturated carbocycles. The molecule has 23 heavy (non-hydrogen) atoms. The van der Waals surface area contributed by atoms with Crippen LogP contribution in [-0.4, -0.2) is 23.2 Å². The Morgan fingerprint density at radius 3 is 2.35 bits per heavy atom. The van der Waals surface area contributed by atoms with Gasteiger partial charge in [-0.2, -0.15) is 0 Å². The van der Waals surface area contributed by atoms with Crippen LogP contribution >= 0.6 is 11.8 Å². The quantitative estimate of drug-likeness (QED) is 0.619. The van der Waals surface area contributed by atoms with Crippen molar-refractivity contribution in [3.63, 3.8) is 0 Å². The van der Waals surface area contributed by atoms with Gasteiger partial charge >= 0.3 is 5.97 Å². The van der Waals surface area contributed by atoms with Crippen molar-refractivity contribution in [3.8, 4) is 5.75 Å². The van der Waals surface area contributed by atoms with Gasteiger partial charge in [-0.3, -0.25) is 0 Å². The first-order valence-corrected chi connectivity index (χ1v) is 7.86. The minimum atomic E-state index is -0.984. The average molecular weight is 325 g/mol. The molecular weight excluding hydrogens is 310 g/mol. The summed E-state index contributed by atoms with van der Waals surface area (Å²) in [6.45, 7) is 0. The van der Waals surface area contributed by atoms with Crippen molar-refractivity contribution in [2.75, 3.05) is 12.4 Å². The van der Waals surface area contributed by atoms with Crippen molar-refractivity contribution < 1.29 is 15.0 Å². The van der Waals surface area contributed by atoms with Crippen LogP contribution in [0.5, 0.6) is 5.75 Å². The lowest BCUT2D eigenvalue weighted by Crippen LogP contribution is -1.98. The minimum absolute atomic E-state index is 0.157. The molecule has 3 N–H and O–H groups in total. The highest BCUT2D eigenvalue weighted by atomic mass is 32.2. The van der Waals surface area contributed by atoms with E-state index >= 15 is 0 Å². The highest BCUT2D eigenvalue weighted by molar-refractivity contribution is 7.99. The zero-order chi connectivity index (χ0) is 16.4. The van der Waals surface area contributed by atoms with E-state index in [2.05, 4.69) is 5.32 Å². The average Bonchev–Trinajstić information content (AvgIpc) is 2.57. The van der Waals surface area contributed by atoms with Crippen LogP contribution in [0.2, 0.25) is 0 Å². The number of carbonyl (C=O) groups is 1. The fourth-order valence-corrected chi connectivity index (χ4v) is 3.50. The number of benzene rings is 3. The monoisotopic (exact) mass is 325 g/mol. The summed E-state index contributed by atoms with van der Waals surface area (Å²) in [5.74, 6) is -0.827. The standard InChI is InChI=1S/C18H15NO3S/c1-19-14-10-16(17(20)12-7-3-2-6-11(12)14)23-15-9-5-4-8-13(15)18(21)22/h2-10,19-20H,1H3,(H,21,22). The molecule has 0 spiro atoms. The predicted octanol–water partition coefficient (Wildman–Crippen LogP) is 4.44. The maximum atomic E-state index is 11.3. The Hall–Kier alpha value is -2.66. The van der Waals surface area contributed by atoms with E-state index in [0.717, 1.165) is 16.5 Å². The third-order valence-corrected chi connectivity index (χ3v) is 4.69. The maximum Gasteiger partial charge on any atom is 0.336 e. The van der Waals surface area contributed by atoms with Crippen LogP contribution in [0.4, 0.5) is 5.69 Å². The number of aromatic hydroxyl groups is 1. The number of aromatic carboxylic acids is 1. The van der Waals surface area contributed by atoms with Crippen LogP contribution in [0, 0.1) is 0 Å². The van der Waals surface area contributed by atoms with E-state index in [0.29, 0.717) is 9.79 Å². The number of rotatable bonds is 4. The second-order valence-corrected chi connectivity index (χ2v) is 6.05. The van der Waals surface area contributed by atoms with E-state index in [1.54, 1.807) is 24.3 Å². The third kappa shape index (κ3) is 2.83. The number of hydrogen-bond donors (Lipinski definition) is 3. The van der Waals surface area contributed by atoms with E-state index in [1.807, 2.05) is 37.4 Å². The fraction of sp³-hybridized carbons (Fsp3) is 0.0556. The second kappa shape index (κ2) is 6.22. The van der Waals surface area contributed by atoms with Crippen LogP contribution < -0.4 is 5.32 Å². The van der Waals surface area contributed by atoms with Gasteiger partial charge in [0.2, 0.25) is 0 Å². The molecule has 0 unspecified atom stereocenters. The molecule has 0 amide bonds. The minimum Gasteiger partial charge on any atom is -0.506 e. The van der Waals surface area contributed by atoms with Gasteiger partial charge in [0.05, 0.1) is 10.5 Å². The van der Waals surface area contributed by atoms with Gasteiger partial charge < -0.3 is 15.5 Å². The Kier molecular flexibility index (Phi) is 4.12. The lowest BCUT2D eigenvalue weighted by atomic mass is 10.1. The molecule has 0 fully saturated rings. The smallest absolute Gasteiger partial charge is 0.336 e. The summed E-state index contributed by atoms with van der Waals surface area (Å²) in [6, 6.07) is 16.2. The highest BCUT2D eigenvalue weighted by Crippen LogP contribution is 2.43. The summed E-state index contributed by atoms with van der Waals surface area (Å²) in [6.07, 6.45) is 0. The number of carboxylic acid groups (broad SMARTS) is 1. The lowest BCUT2D eigenvalue weighted by molar-refractivity contribution is 0.0693. The predicted molar refractivity (Wildman–Crippen MR) is 92.7 cm³/mol. The summed E-state index contributed by atoms with van der Waals surface area (Å²) >= 11 is 1.24. The normalized spacial score (nSPS) is 10.7. The van der Waals surface area contributed by atoms with Crippen molar-refractivity contribution in [2.24, 2.45) is 0 Å².